The highest BCUT2D eigenvalue weighted by Crippen LogP contribution is 2.32. The highest BCUT2D eigenvalue weighted by molar-refractivity contribution is 4.93. The molecule has 0 saturated heterocycles. The van der Waals surface area contributed by atoms with E-state index in [0.717, 1.165) is 19.4 Å². The molecule has 2 nitrogen and oxygen atoms in total. The Morgan fingerprint density at radius 2 is 1.94 bits per heavy atom. The third kappa shape index (κ3) is 4.18. The maximum absolute atomic E-state index is 12.5. The molecule has 0 aromatic carbocycles. The summed E-state index contributed by atoms with van der Waals surface area (Å²) in [6.07, 6.45) is -0.00913. The molecule has 0 amide bonds. The van der Waals surface area contributed by atoms with Crippen molar-refractivity contribution in [3.63, 3.8) is 0 Å². The first-order valence-electron chi connectivity index (χ1n) is 6.67. The van der Waals surface area contributed by atoms with Crippen LogP contribution in [0.15, 0.2) is 0 Å². The van der Waals surface area contributed by atoms with Gasteiger partial charge in [-0.05, 0) is 38.3 Å². The molecular weight excluding hydrogens is 222 g/mol. The summed E-state index contributed by atoms with van der Waals surface area (Å²) in [4.78, 5) is 1.84. The maximum atomic E-state index is 12.5. The Labute approximate surface area is 104 Å². The summed E-state index contributed by atoms with van der Waals surface area (Å²) in [7, 11) is 1.83. The van der Waals surface area contributed by atoms with Crippen LogP contribution in [0.4, 0.5) is 8.78 Å². The lowest BCUT2D eigenvalue weighted by atomic mass is 9.76. The summed E-state index contributed by atoms with van der Waals surface area (Å²) in [5.74, 6) is 1.16. The fourth-order valence-corrected chi connectivity index (χ4v) is 3.39. The number of nitrogens with zero attached hydrogens (tertiary/aromatic N) is 1. The normalized spacial score (nSPS) is 34.6. The molecule has 1 aliphatic rings. The van der Waals surface area contributed by atoms with Crippen LogP contribution in [0.1, 0.15) is 33.6 Å². The van der Waals surface area contributed by atoms with Gasteiger partial charge in [-0.3, -0.25) is 4.90 Å². The first-order valence-corrected chi connectivity index (χ1v) is 6.67. The second-order valence-corrected chi connectivity index (χ2v) is 5.54. The third-order valence-corrected chi connectivity index (χ3v) is 3.83. The maximum Gasteiger partial charge on any atom is 0.251 e. The average Bonchev–Trinajstić information content (AvgIpc) is 2.15. The predicted molar refractivity (Wildman–Crippen MR) is 67.4 cm³/mol. The molecular formula is C13H26F2N2. The van der Waals surface area contributed by atoms with Gasteiger partial charge in [0, 0.05) is 12.1 Å². The Bertz CT molecular complexity index is 223. The molecule has 0 aromatic heterocycles. The monoisotopic (exact) mass is 248 g/mol. The molecule has 4 atom stereocenters. The van der Waals surface area contributed by atoms with Gasteiger partial charge in [0.1, 0.15) is 0 Å². The molecule has 1 aliphatic carbocycles. The molecule has 17 heavy (non-hydrogen) atoms. The number of likely N-dealkylation sites (N-methyl/N-ethyl adjacent to an activating group) is 2. The second-order valence-electron chi connectivity index (χ2n) is 5.54. The Morgan fingerprint density at radius 1 is 1.29 bits per heavy atom. The van der Waals surface area contributed by atoms with Crippen molar-refractivity contribution in [2.75, 3.05) is 20.1 Å². The molecule has 0 radical (unpaired) electrons. The zero-order chi connectivity index (χ0) is 13.0. The van der Waals surface area contributed by atoms with Gasteiger partial charge in [0.15, 0.2) is 0 Å². The van der Waals surface area contributed by atoms with Crippen LogP contribution < -0.4 is 5.32 Å². The summed E-state index contributed by atoms with van der Waals surface area (Å²) >= 11 is 0. The molecule has 4 unspecified atom stereocenters. The fourth-order valence-electron chi connectivity index (χ4n) is 3.39. The van der Waals surface area contributed by atoms with Gasteiger partial charge >= 0.3 is 0 Å². The molecule has 0 aliphatic heterocycles. The molecule has 0 heterocycles. The number of hydrogen-bond donors (Lipinski definition) is 1. The van der Waals surface area contributed by atoms with E-state index in [1.54, 1.807) is 0 Å². The van der Waals surface area contributed by atoms with Crippen molar-refractivity contribution >= 4 is 0 Å². The summed E-state index contributed by atoms with van der Waals surface area (Å²) < 4.78 is 25.0. The first-order chi connectivity index (χ1) is 7.95. The van der Waals surface area contributed by atoms with Crippen LogP contribution in [0, 0.1) is 11.8 Å². The zero-order valence-corrected chi connectivity index (χ0v) is 11.4. The number of nitrogens with one attached hydrogen (secondary N) is 1. The topological polar surface area (TPSA) is 15.3 Å². The van der Waals surface area contributed by atoms with Crippen molar-refractivity contribution in [1.82, 2.24) is 10.2 Å². The zero-order valence-electron chi connectivity index (χ0n) is 11.4. The minimum Gasteiger partial charge on any atom is -0.313 e. The Kier molecular flexibility index (Phi) is 5.80. The SMILES string of the molecule is CCNC1CC(C)CC(C)C1N(C)CC(F)F. The Balaban J connectivity index is 2.68. The molecule has 4 heteroatoms. The lowest BCUT2D eigenvalue weighted by molar-refractivity contribution is 0.0298. The lowest BCUT2D eigenvalue weighted by Gasteiger charge is -2.44. The van der Waals surface area contributed by atoms with Gasteiger partial charge < -0.3 is 5.32 Å². The quantitative estimate of drug-likeness (QED) is 0.804. The largest absolute Gasteiger partial charge is 0.313 e. The fraction of sp³-hybridized carbons (Fsp3) is 1.00. The van der Waals surface area contributed by atoms with Crippen LogP contribution >= 0.6 is 0 Å². The van der Waals surface area contributed by atoms with Crippen LogP contribution in [-0.2, 0) is 0 Å². The Hall–Kier alpha value is -0.220. The summed E-state index contributed by atoms with van der Waals surface area (Å²) in [5, 5.41) is 3.46. The van der Waals surface area contributed by atoms with Gasteiger partial charge in [-0.15, -0.1) is 0 Å². The van der Waals surface area contributed by atoms with Gasteiger partial charge in [0.05, 0.1) is 6.54 Å². The van der Waals surface area contributed by atoms with E-state index in [1.165, 1.54) is 0 Å². The standard InChI is InChI=1S/C13H26F2N2/c1-5-16-11-7-9(2)6-10(3)13(11)17(4)8-12(14)15/h9-13,16H,5-8H2,1-4H3. The van der Waals surface area contributed by atoms with Crippen LogP contribution in [0.2, 0.25) is 0 Å². The Morgan fingerprint density at radius 3 is 2.47 bits per heavy atom. The van der Waals surface area contributed by atoms with Crippen LogP contribution in [0.5, 0.6) is 0 Å². The molecule has 0 bridgehead atoms. The van der Waals surface area contributed by atoms with E-state index >= 15 is 0 Å². The van der Waals surface area contributed by atoms with Gasteiger partial charge in [0.25, 0.3) is 6.43 Å². The number of alkyl halides is 2. The summed E-state index contributed by atoms with van der Waals surface area (Å²) in [6.45, 7) is 7.30. The molecule has 1 rings (SSSR count). The first kappa shape index (κ1) is 14.8. The van der Waals surface area contributed by atoms with Gasteiger partial charge in [-0.2, -0.15) is 0 Å². The highest BCUT2D eigenvalue weighted by Gasteiger charge is 2.36. The van der Waals surface area contributed by atoms with Crippen LogP contribution in [0.25, 0.3) is 0 Å². The van der Waals surface area contributed by atoms with Gasteiger partial charge in [-0.25, -0.2) is 8.78 Å². The number of rotatable bonds is 5. The molecule has 1 N–H and O–H groups in total. The van der Waals surface area contributed by atoms with Crippen molar-refractivity contribution in [3.8, 4) is 0 Å². The second kappa shape index (κ2) is 6.64. The third-order valence-electron chi connectivity index (χ3n) is 3.83. The highest BCUT2D eigenvalue weighted by atomic mass is 19.3. The van der Waals surface area contributed by atoms with E-state index in [-0.39, 0.29) is 12.6 Å². The summed E-state index contributed by atoms with van der Waals surface area (Å²) in [6, 6.07) is 0.586. The van der Waals surface area contributed by atoms with E-state index in [9.17, 15) is 8.78 Å². The van der Waals surface area contributed by atoms with Crippen molar-refractivity contribution in [2.24, 2.45) is 11.8 Å². The van der Waals surface area contributed by atoms with Crippen molar-refractivity contribution in [3.05, 3.63) is 0 Å². The van der Waals surface area contributed by atoms with E-state index in [0.29, 0.717) is 17.9 Å². The van der Waals surface area contributed by atoms with Crippen molar-refractivity contribution in [2.45, 2.75) is 52.1 Å². The number of halogens is 2. The van der Waals surface area contributed by atoms with Gasteiger partial charge in [0.2, 0.25) is 0 Å². The van der Waals surface area contributed by atoms with E-state index in [4.69, 9.17) is 0 Å². The smallest absolute Gasteiger partial charge is 0.251 e. The molecule has 0 aromatic rings. The average molecular weight is 248 g/mol. The van der Waals surface area contributed by atoms with Crippen molar-refractivity contribution < 1.29 is 8.78 Å². The molecule has 102 valence electrons. The molecule has 1 saturated carbocycles. The predicted octanol–water partition coefficient (Wildman–Crippen LogP) is 2.60. The minimum absolute atomic E-state index is 0.120. The van der Waals surface area contributed by atoms with Crippen molar-refractivity contribution in [1.29, 1.82) is 0 Å². The molecule has 0 spiro atoms. The van der Waals surface area contributed by atoms with Gasteiger partial charge in [-0.1, -0.05) is 20.8 Å². The van der Waals surface area contributed by atoms with Crippen LogP contribution in [0.3, 0.4) is 0 Å². The van der Waals surface area contributed by atoms with Crippen LogP contribution in [-0.4, -0.2) is 43.5 Å². The molecule has 1 fully saturated rings. The van der Waals surface area contributed by atoms with E-state index < -0.39 is 6.43 Å². The van der Waals surface area contributed by atoms with E-state index in [1.807, 2.05) is 11.9 Å². The lowest BCUT2D eigenvalue weighted by Crippen LogP contribution is -2.56. The summed E-state index contributed by atoms with van der Waals surface area (Å²) in [5.41, 5.74) is 0. The minimum atomic E-state index is -2.24. The van der Waals surface area contributed by atoms with E-state index in [2.05, 4.69) is 26.1 Å². The number of hydrogen-bond acceptors (Lipinski definition) is 2.